The minimum atomic E-state index is 0.522. The lowest BCUT2D eigenvalue weighted by molar-refractivity contribution is 0.644. The summed E-state index contributed by atoms with van der Waals surface area (Å²) >= 11 is 6.11. The number of rotatable bonds is 5. The van der Waals surface area contributed by atoms with Crippen LogP contribution in [-0.4, -0.2) is 46.3 Å². The van der Waals surface area contributed by atoms with Gasteiger partial charge in [0.05, 0.1) is 6.20 Å². The number of hydrogen-bond donors (Lipinski definition) is 1. The summed E-state index contributed by atoms with van der Waals surface area (Å²) in [5, 5.41) is 12.1. The van der Waals surface area contributed by atoms with Crippen molar-refractivity contribution < 1.29 is 0 Å². The highest BCUT2D eigenvalue weighted by Gasteiger charge is 2.19. The van der Waals surface area contributed by atoms with E-state index in [0.717, 1.165) is 48.3 Å². The molecule has 3 aromatic rings. The molecule has 1 saturated heterocycles. The molecule has 27 heavy (non-hydrogen) atoms. The minimum absolute atomic E-state index is 0.522. The second kappa shape index (κ2) is 8.18. The second-order valence-corrected chi connectivity index (χ2v) is 6.74. The number of piperazine rings is 1. The summed E-state index contributed by atoms with van der Waals surface area (Å²) < 4.78 is 0. The van der Waals surface area contributed by atoms with Crippen LogP contribution < -0.4 is 15.1 Å². The Morgan fingerprint density at radius 1 is 1.00 bits per heavy atom. The third kappa shape index (κ3) is 4.43. The van der Waals surface area contributed by atoms with E-state index in [0.29, 0.717) is 12.5 Å². The molecule has 1 aliphatic heterocycles. The first kappa shape index (κ1) is 17.5. The van der Waals surface area contributed by atoms with Crippen molar-refractivity contribution in [1.29, 1.82) is 0 Å². The fourth-order valence-electron chi connectivity index (χ4n) is 3.07. The molecule has 138 valence electrons. The largest absolute Gasteiger partial charge is 0.368 e. The number of halogens is 1. The smallest absolute Gasteiger partial charge is 0.244 e. The molecule has 8 heteroatoms. The number of hydrogen-bond acceptors (Lipinski definition) is 7. The number of pyridine rings is 1. The lowest BCUT2D eigenvalue weighted by atomic mass is 10.2. The summed E-state index contributed by atoms with van der Waals surface area (Å²) in [5.74, 6) is 1.36. The minimum Gasteiger partial charge on any atom is -0.368 e. The van der Waals surface area contributed by atoms with Crippen LogP contribution in [0.5, 0.6) is 0 Å². The maximum atomic E-state index is 6.11. The zero-order valence-corrected chi connectivity index (χ0v) is 15.5. The number of benzene rings is 1. The first-order valence-corrected chi connectivity index (χ1v) is 9.24. The van der Waals surface area contributed by atoms with Crippen LogP contribution in [0.2, 0.25) is 5.02 Å². The molecule has 7 nitrogen and oxygen atoms in total. The van der Waals surface area contributed by atoms with Crippen molar-refractivity contribution >= 4 is 29.1 Å². The molecule has 1 aliphatic rings. The standard InChI is InChI=1S/C19H20ClN7/c20-16-4-1-5-17(11-16)26-7-9-27(10-8-26)18-14-23-25-19(24-18)22-13-15-3-2-6-21-12-15/h1-6,11-12,14H,7-10,13H2,(H,22,24,25). The Kier molecular flexibility index (Phi) is 5.29. The SMILES string of the molecule is Clc1cccc(N2CCN(c3cnnc(NCc4cccnc4)n3)CC2)c1. The molecule has 0 amide bonds. The van der Waals surface area contributed by atoms with E-state index in [1.807, 2.05) is 36.5 Å². The molecule has 0 saturated carbocycles. The van der Waals surface area contributed by atoms with Crippen molar-refractivity contribution in [3.05, 3.63) is 65.6 Å². The van der Waals surface area contributed by atoms with Crippen molar-refractivity contribution in [3.8, 4) is 0 Å². The van der Waals surface area contributed by atoms with Gasteiger partial charge in [0, 0.05) is 55.8 Å². The van der Waals surface area contributed by atoms with Crippen molar-refractivity contribution in [3.63, 3.8) is 0 Å². The summed E-state index contributed by atoms with van der Waals surface area (Å²) in [6.45, 7) is 4.16. The van der Waals surface area contributed by atoms with Crippen LogP contribution in [0.15, 0.2) is 55.0 Å². The fraction of sp³-hybridized carbons (Fsp3) is 0.263. The predicted molar refractivity (Wildman–Crippen MR) is 107 cm³/mol. The van der Waals surface area contributed by atoms with Crippen LogP contribution in [0, 0.1) is 0 Å². The zero-order chi connectivity index (χ0) is 18.5. The van der Waals surface area contributed by atoms with Crippen LogP contribution in [0.1, 0.15) is 5.56 Å². The van der Waals surface area contributed by atoms with Gasteiger partial charge in [-0.2, -0.15) is 10.1 Å². The molecule has 4 rings (SSSR count). The molecule has 1 fully saturated rings. The Hall–Kier alpha value is -2.93. The Bertz CT molecular complexity index is 882. The van der Waals surface area contributed by atoms with Crippen molar-refractivity contribution in [1.82, 2.24) is 20.2 Å². The maximum absolute atomic E-state index is 6.11. The van der Waals surface area contributed by atoms with Gasteiger partial charge in [0.2, 0.25) is 5.95 Å². The van der Waals surface area contributed by atoms with E-state index in [1.54, 1.807) is 12.4 Å². The van der Waals surface area contributed by atoms with Gasteiger partial charge in [-0.3, -0.25) is 4.98 Å². The Labute approximate surface area is 163 Å². The summed E-state index contributed by atoms with van der Waals surface area (Å²) in [6.07, 6.45) is 5.29. The lowest BCUT2D eigenvalue weighted by Gasteiger charge is -2.36. The van der Waals surface area contributed by atoms with Gasteiger partial charge in [0.1, 0.15) is 0 Å². The summed E-state index contributed by atoms with van der Waals surface area (Å²) in [5.41, 5.74) is 2.23. The van der Waals surface area contributed by atoms with E-state index in [1.165, 1.54) is 0 Å². The number of aromatic nitrogens is 4. The van der Waals surface area contributed by atoms with Gasteiger partial charge in [-0.05, 0) is 29.8 Å². The molecule has 0 aliphatic carbocycles. The van der Waals surface area contributed by atoms with Gasteiger partial charge in [-0.1, -0.05) is 23.7 Å². The number of anilines is 3. The Morgan fingerprint density at radius 3 is 2.63 bits per heavy atom. The van der Waals surface area contributed by atoms with E-state index in [9.17, 15) is 0 Å². The molecular formula is C19H20ClN7. The van der Waals surface area contributed by atoms with E-state index < -0.39 is 0 Å². The molecular weight excluding hydrogens is 362 g/mol. The summed E-state index contributed by atoms with van der Waals surface area (Å²) in [4.78, 5) is 13.3. The molecule has 0 atom stereocenters. The van der Waals surface area contributed by atoms with Crippen LogP contribution in [0.3, 0.4) is 0 Å². The van der Waals surface area contributed by atoms with E-state index in [2.05, 4.69) is 41.3 Å². The van der Waals surface area contributed by atoms with E-state index in [-0.39, 0.29) is 0 Å². The molecule has 3 heterocycles. The third-order valence-corrected chi connectivity index (χ3v) is 4.73. The zero-order valence-electron chi connectivity index (χ0n) is 14.8. The molecule has 1 aromatic carbocycles. The number of nitrogens with zero attached hydrogens (tertiary/aromatic N) is 6. The molecule has 2 aromatic heterocycles. The highest BCUT2D eigenvalue weighted by molar-refractivity contribution is 6.30. The summed E-state index contributed by atoms with van der Waals surface area (Å²) in [6, 6.07) is 11.9. The van der Waals surface area contributed by atoms with Gasteiger partial charge < -0.3 is 15.1 Å². The van der Waals surface area contributed by atoms with Gasteiger partial charge in [-0.15, -0.1) is 5.10 Å². The highest BCUT2D eigenvalue weighted by Crippen LogP contribution is 2.22. The second-order valence-electron chi connectivity index (χ2n) is 6.31. The molecule has 0 unspecified atom stereocenters. The van der Waals surface area contributed by atoms with Crippen LogP contribution in [0.4, 0.5) is 17.5 Å². The topological polar surface area (TPSA) is 70.1 Å². The maximum Gasteiger partial charge on any atom is 0.244 e. The molecule has 1 N–H and O–H groups in total. The van der Waals surface area contributed by atoms with Crippen molar-refractivity contribution in [2.75, 3.05) is 41.3 Å². The van der Waals surface area contributed by atoms with Gasteiger partial charge in [-0.25, -0.2) is 0 Å². The van der Waals surface area contributed by atoms with Crippen molar-refractivity contribution in [2.24, 2.45) is 0 Å². The average molecular weight is 382 g/mol. The van der Waals surface area contributed by atoms with Gasteiger partial charge >= 0.3 is 0 Å². The van der Waals surface area contributed by atoms with Crippen molar-refractivity contribution in [2.45, 2.75) is 6.54 Å². The monoisotopic (exact) mass is 381 g/mol. The van der Waals surface area contributed by atoms with Crippen LogP contribution in [-0.2, 0) is 6.54 Å². The van der Waals surface area contributed by atoms with Crippen LogP contribution in [0.25, 0.3) is 0 Å². The lowest BCUT2D eigenvalue weighted by Crippen LogP contribution is -2.47. The van der Waals surface area contributed by atoms with E-state index in [4.69, 9.17) is 11.6 Å². The Balaban J connectivity index is 1.37. The quantitative estimate of drug-likeness (QED) is 0.728. The Morgan fingerprint density at radius 2 is 1.85 bits per heavy atom. The average Bonchev–Trinajstić information content (AvgIpc) is 2.73. The van der Waals surface area contributed by atoms with E-state index >= 15 is 0 Å². The highest BCUT2D eigenvalue weighted by atomic mass is 35.5. The normalized spacial score (nSPS) is 14.3. The molecule has 0 radical (unpaired) electrons. The number of nitrogens with one attached hydrogen (secondary N) is 1. The fourth-order valence-corrected chi connectivity index (χ4v) is 3.26. The first-order valence-electron chi connectivity index (χ1n) is 8.86. The molecule has 0 bridgehead atoms. The predicted octanol–water partition coefficient (Wildman–Crippen LogP) is 2.86. The van der Waals surface area contributed by atoms with Gasteiger partial charge in [0.15, 0.2) is 5.82 Å². The summed E-state index contributed by atoms with van der Waals surface area (Å²) in [7, 11) is 0. The van der Waals surface area contributed by atoms with Gasteiger partial charge in [0.25, 0.3) is 0 Å². The van der Waals surface area contributed by atoms with Crippen LogP contribution >= 0.6 is 11.6 Å². The molecule has 0 spiro atoms. The first-order chi connectivity index (χ1) is 13.3. The third-order valence-electron chi connectivity index (χ3n) is 4.50.